The average molecular weight is 343 g/mol. The van der Waals surface area contributed by atoms with Gasteiger partial charge in [0.2, 0.25) is 12.7 Å². The van der Waals surface area contributed by atoms with Gasteiger partial charge in [0.15, 0.2) is 17.3 Å². The lowest BCUT2D eigenvalue weighted by molar-refractivity contribution is 0.174. The van der Waals surface area contributed by atoms with Crippen molar-refractivity contribution in [3.8, 4) is 23.6 Å². The Morgan fingerprint density at radius 1 is 0.923 bits per heavy atom. The van der Waals surface area contributed by atoms with Gasteiger partial charge in [-0.3, -0.25) is 0 Å². The molecule has 0 saturated carbocycles. The lowest BCUT2D eigenvalue weighted by Gasteiger charge is -2.26. The van der Waals surface area contributed by atoms with E-state index in [9.17, 15) is 10.5 Å². The highest BCUT2D eigenvalue weighted by Gasteiger charge is 2.34. The van der Waals surface area contributed by atoms with Crippen LogP contribution in [0.3, 0.4) is 0 Å². The Morgan fingerprint density at radius 2 is 1.65 bits per heavy atom. The standard InChI is InChI=1S/C20H13N3O3/c21-9-14-18(13-6-7-16-17(8-13)25-11-24-16)15(10-22)20(23)26-19(14)12-4-2-1-3-5-12/h1-8,18H,11,23H2/t18-/m1/s1. The summed E-state index contributed by atoms with van der Waals surface area (Å²) in [5, 5.41) is 19.4. The third kappa shape index (κ3) is 2.42. The fourth-order valence-corrected chi connectivity index (χ4v) is 3.10. The summed E-state index contributed by atoms with van der Waals surface area (Å²) in [6.07, 6.45) is 0. The van der Waals surface area contributed by atoms with Crippen LogP contribution in [-0.2, 0) is 4.74 Å². The van der Waals surface area contributed by atoms with E-state index in [0.29, 0.717) is 28.4 Å². The molecule has 2 aliphatic rings. The monoisotopic (exact) mass is 343 g/mol. The van der Waals surface area contributed by atoms with E-state index >= 15 is 0 Å². The fraction of sp³-hybridized carbons (Fsp3) is 0.100. The van der Waals surface area contributed by atoms with Crippen molar-refractivity contribution in [1.29, 1.82) is 10.5 Å². The van der Waals surface area contributed by atoms with E-state index in [-0.39, 0.29) is 18.2 Å². The van der Waals surface area contributed by atoms with Crippen molar-refractivity contribution in [3.05, 3.63) is 76.7 Å². The fourth-order valence-electron chi connectivity index (χ4n) is 3.10. The first kappa shape index (κ1) is 15.6. The number of nitriles is 2. The van der Waals surface area contributed by atoms with E-state index in [1.54, 1.807) is 18.2 Å². The molecule has 2 N–H and O–H groups in total. The smallest absolute Gasteiger partial charge is 0.231 e. The third-order valence-electron chi connectivity index (χ3n) is 4.31. The summed E-state index contributed by atoms with van der Waals surface area (Å²) in [7, 11) is 0. The molecule has 2 aliphatic heterocycles. The molecule has 2 heterocycles. The normalized spacial score (nSPS) is 18.2. The predicted octanol–water partition coefficient (Wildman–Crippen LogP) is 3.16. The van der Waals surface area contributed by atoms with Gasteiger partial charge < -0.3 is 19.9 Å². The third-order valence-corrected chi connectivity index (χ3v) is 4.31. The van der Waals surface area contributed by atoms with Crippen LogP contribution in [0, 0.1) is 22.7 Å². The number of nitrogens with zero attached hydrogens (tertiary/aromatic N) is 2. The molecule has 6 heteroatoms. The first-order chi connectivity index (χ1) is 12.7. The van der Waals surface area contributed by atoms with Crippen molar-refractivity contribution >= 4 is 5.76 Å². The SMILES string of the molecule is N#CC1=C(N)OC(c2ccccc2)=C(C#N)[C@H]1c1ccc2c(c1)OCO2. The van der Waals surface area contributed by atoms with Gasteiger partial charge in [0.05, 0.1) is 17.6 Å². The van der Waals surface area contributed by atoms with Gasteiger partial charge in [-0.2, -0.15) is 10.5 Å². The van der Waals surface area contributed by atoms with E-state index in [2.05, 4.69) is 12.1 Å². The summed E-state index contributed by atoms with van der Waals surface area (Å²) in [4.78, 5) is 0. The van der Waals surface area contributed by atoms with Crippen LogP contribution in [-0.4, -0.2) is 6.79 Å². The van der Waals surface area contributed by atoms with Crippen LogP contribution in [0.1, 0.15) is 17.0 Å². The summed E-state index contributed by atoms with van der Waals surface area (Å²) in [6.45, 7) is 0.145. The van der Waals surface area contributed by atoms with Crippen LogP contribution >= 0.6 is 0 Å². The van der Waals surface area contributed by atoms with E-state index in [4.69, 9.17) is 19.9 Å². The molecule has 6 nitrogen and oxygen atoms in total. The molecule has 0 spiro atoms. The highest BCUT2D eigenvalue weighted by Crippen LogP contribution is 2.44. The van der Waals surface area contributed by atoms with Gasteiger partial charge in [-0.25, -0.2) is 0 Å². The van der Waals surface area contributed by atoms with Gasteiger partial charge in [0.25, 0.3) is 0 Å². The van der Waals surface area contributed by atoms with Crippen LogP contribution in [0.15, 0.2) is 65.6 Å². The second kappa shape index (κ2) is 6.19. The zero-order chi connectivity index (χ0) is 18.1. The first-order valence-electron chi connectivity index (χ1n) is 7.89. The van der Waals surface area contributed by atoms with Gasteiger partial charge in [-0.1, -0.05) is 36.4 Å². The van der Waals surface area contributed by atoms with Crippen molar-refractivity contribution in [2.45, 2.75) is 5.92 Å². The molecular weight excluding hydrogens is 330 g/mol. The number of rotatable bonds is 2. The maximum Gasteiger partial charge on any atom is 0.231 e. The number of hydrogen-bond donors (Lipinski definition) is 1. The number of hydrogen-bond acceptors (Lipinski definition) is 6. The quantitative estimate of drug-likeness (QED) is 0.899. The van der Waals surface area contributed by atoms with E-state index in [1.807, 2.05) is 30.3 Å². The molecule has 0 aromatic heterocycles. The van der Waals surface area contributed by atoms with Crippen LogP contribution in [0.5, 0.6) is 11.5 Å². The number of allylic oxidation sites excluding steroid dienone is 2. The highest BCUT2D eigenvalue weighted by molar-refractivity contribution is 5.74. The summed E-state index contributed by atoms with van der Waals surface area (Å²) in [5.74, 6) is 0.911. The van der Waals surface area contributed by atoms with Gasteiger partial charge in [-0.15, -0.1) is 0 Å². The number of nitrogens with two attached hydrogens (primary N) is 1. The van der Waals surface area contributed by atoms with Gasteiger partial charge >= 0.3 is 0 Å². The minimum Gasteiger partial charge on any atom is -0.454 e. The minimum absolute atomic E-state index is 0.00646. The van der Waals surface area contributed by atoms with Gasteiger partial charge in [0, 0.05) is 5.56 Å². The molecular formula is C20H13N3O3. The second-order valence-corrected chi connectivity index (χ2v) is 5.76. The number of ether oxygens (including phenoxy) is 3. The second-order valence-electron chi connectivity index (χ2n) is 5.76. The van der Waals surface area contributed by atoms with Gasteiger partial charge in [0.1, 0.15) is 11.6 Å². The lowest BCUT2D eigenvalue weighted by Crippen LogP contribution is -2.20. The zero-order valence-electron chi connectivity index (χ0n) is 13.6. The summed E-state index contributed by atoms with van der Waals surface area (Å²) < 4.78 is 16.4. The average Bonchev–Trinajstić information content (AvgIpc) is 3.15. The van der Waals surface area contributed by atoms with Crippen LogP contribution in [0.25, 0.3) is 5.76 Å². The zero-order valence-corrected chi connectivity index (χ0v) is 13.6. The highest BCUT2D eigenvalue weighted by atomic mass is 16.7. The van der Waals surface area contributed by atoms with Crippen molar-refractivity contribution in [1.82, 2.24) is 0 Å². The lowest BCUT2D eigenvalue weighted by atomic mass is 9.82. The summed E-state index contributed by atoms with van der Waals surface area (Å²) >= 11 is 0. The van der Waals surface area contributed by atoms with Crippen molar-refractivity contribution in [2.24, 2.45) is 5.73 Å². The van der Waals surface area contributed by atoms with Crippen molar-refractivity contribution < 1.29 is 14.2 Å². The Labute approximate surface area is 149 Å². The Kier molecular flexibility index (Phi) is 3.72. The summed E-state index contributed by atoms with van der Waals surface area (Å²) in [6, 6.07) is 18.8. The first-order valence-corrected chi connectivity index (χ1v) is 7.89. The molecule has 2 aromatic rings. The molecule has 2 aromatic carbocycles. The topological polar surface area (TPSA) is 101 Å². The molecule has 0 bridgehead atoms. The molecule has 1 atom stereocenters. The molecule has 0 aliphatic carbocycles. The van der Waals surface area contributed by atoms with Crippen LogP contribution in [0.2, 0.25) is 0 Å². The van der Waals surface area contributed by atoms with E-state index in [1.165, 1.54) is 0 Å². The molecule has 126 valence electrons. The van der Waals surface area contributed by atoms with Gasteiger partial charge in [-0.05, 0) is 17.7 Å². The molecule has 4 rings (SSSR count). The largest absolute Gasteiger partial charge is 0.454 e. The Morgan fingerprint density at radius 3 is 2.38 bits per heavy atom. The Bertz CT molecular complexity index is 1030. The number of benzene rings is 2. The molecule has 0 fully saturated rings. The Balaban J connectivity index is 1.91. The predicted molar refractivity (Wildman–Crippen MR) is 92.2 cm³/mol. The molecule has 0 radical (unpaired) electrons. The van der Waals surface area contributed by atoms with E-state index < -0.39 is 5.92 Å². The molecule has 0 saturated heterocycles. The van der Waals surface area contributed by atoms with Crippen LogP contribution < -0.4 is 15.2 Å². The minimum atomic E-state index is -0.636. The van der Waals surface area contributed by atoms with Crippen LogP contribution in [0.4, 0.5) is 0 Å². The maximum absolute atomic E-state index is 9.83. The molecule has 26 heavy (non-hydrogen) atoms. The van der Waals surface area contributed by atoms with Crippen molar-refractivity contribution in [3.63, 3.8) is 0 Å². The molecule has 0 amide bonds. The number of fused-ring (bicyclic) bond motifs is 1. The molecule has 0 unspecified atom stereocenters. The summed E-state index contributed by atoms with van der Waals surface area (Å²) in [5.41, 5.74) is 7.95. The van der Waals surface area contributed by atoms with Crippen molar-refractivity contribution in [2.75, 3.05) is 6.79 Å². The van der Waals surface area contributed by atoms with E-state index in [0.717, 1.165) is 5.56 Å². The maximum atomic E-state index is 9.83. The Hall–Kier alpha value is -3.90.